The minimum absolute atomic E-state index is 0.0856. The zero-order chi connectivity index (χ0) is 19.1. The number of carbonyl (C=O) groups excluding carboxylic acids is 1. The van der Waals surface area contributed by atoms with Crippen LogP contribution >= 0.6 is 22.9 Å². The second-order valence-electron chi connectivity index (χ2n) is 6.07. The molecule has 2 aromatic carbocycles. The Kier molecular flexibility index (Phi) is 6.79. The number of hydrogen-bond donors (Lipinski definition) is 1. The monoisotopic (exact) mass is 401 g/mol. The number of aryl methyl sites for hydroxylation is 1. The molecule has 0 fully saturated rings. The average molecular weight is 402 g/mol. The van der Waals surface area contributed by atoms with Crippen LogP contribution in [0.3, 0.4) is 0 Å². The van der Waals surface area contributed by atoms with E-state index in [1.54, 1.807) is 0 Å². The number of halogens is 1. The van der Waals surface area contributed by atoms with Crippen molar-refractivity contribution in [2.45, 2.75) is 26.2 Å². The normalized spacial score (nSPS) is 10.6. The maximum absolute atomic E-state index is 12.1. The summed E-state index contributed by atoms with van der Waals surface area (Å²) in [5.41, 5.74) is 2.19. The van der Waals surface area contributed by atoms with Gasteiger partial charge in [-0.2, -0.15) is 0 Å². The van der Waals surface area contributed by atoms with Gasteiger partial charge in [-0.25, -0.2) is 0 Å². The first-order valence-electron chi connectivity index (χ1n) is 8.65. The van der Waals surface area contributed by atoms with Gasteiger partial charge in [0.15, 0.2) is 0 Å². The molecule has 3 rings (SSSR count). The molecule has 0 radical (unpaired) electrons. The van der Waals surface area contributed by atoms with Crippen LogP contribution in [0.1, 0.15) is 29.0 Å². The van der Waals surface area contributed by atoms with Gasteiger partial charge in [0, 0.05) is 17.9 Å². The summed E-state index contributed by atoms with van der Waals surface area (Å²) in [5.74, 6) is 0.770. The first-order chi connectivity index (χ1) is 13.1. The molecule has 27 heavy (non-hydrogen) atoms. The lowest BCUT2D eigenvalue weighted by atomic mass is 10.2. The fourth-order valence-electron chi connectivity index (χ4n) is 2.47. The molecule has 3 aromatic rings. The summed E-state index contributed by atoms with van der Waals surface area (Å²) in [6.45, 7) is 2.50. The Bertz CT molecular complexity index is 896. The van der Waals surface area contributed by atoms with E-state index in [0.717, 1.165) is 21.9 Å². The van der Waals surface area contributed by atoms with Crippen molar-refractivity contribution in [2.24, 2.45) is 0 Å². The molecule has 7 heteroatoms. The molecule has 0 spiro atoms. The minimum Gasteiger partial charge on any atom is -0.493 e. The van der Waals surface area contributed by atoms with Crippen LogP contribution in [0.4, 0.5) is 5.13 Å². The molecule has 0 aliphatic heterocycles. The summed E-state index contributed by atoms with van der Waals surface area (Å²) in [6.07, 6.45) is 1.67. The topological polar surface area (TPSA) is 64.1 Å². The van der Waals surface area contributed by atoms with Crippen molar-refractivity contribution in [3.8, 4) is 5.75 Å². The minimum atomic E-state index is -0.0856. The Labute approximate surface area is 167 Å². The number of amides is 1. The van der Waals surface area contributed by atoms with E-state index in [0.29, 0.717) is 36.0 Å². The summed E-state index contributed by atoms with van der Waals surface area (Å²) in [6, 6.07) is 15.4. The van der Waals surface area contributed by atoms with Crippen molar-refractivity contribution < 1.29 is 9.53 Å². The van der Waals surface area contributed by atoms with Crippen LogP contribution in [-0.4, -0.2) is 22.7 Å². The number of nitrogens with zero attached hydrogens (tertiary/aromatic N) is 2. The molecule has 0 atom stereocenters. The van der Waals surface area contributed by atoms with Gasteiger partial charge in [-0.1, -0.05) is 53.3 Å². The fraction of sp³-hybridized carbons (Fsp3) is 0.250. The van der Waals surface area contributed by atoms with Gasteiger partial charge in [0.05, 0.1) is 6.61 Å². The lowest BCUT2D eigenvalue weighted by Gasteiger charge is -2.08. The van der Waals surface area contributed by atoms with E-state index in [9.17, 15) is 4.79 Å². The first kappa shape index (κ1) is 19.3. The maximum atomic E-state index is 12.1. The highest BCUT2D eigenvalue weighted by molar-refractivity contribution is 7.15. The number of hydrogen-bond acceptors (Lipinski definition) is 5. The smallest absolute Gasteiger partial charge is 0.226 e. The number of ether oxygens (including phenoxy) is 1. The first-order valence-corrected chi connectivity index (χ1v) is 9.85. The summed E-state index contributed by atoms with van der Waals surface area (Å²) < 4.78 is 5.70. The van der Waals surface area contributed by atoms with Gasteiger partial charge >= 0.3 is 0 Å². The Morgan fingerprint density at radius 2 is 1.93 bits per heavy atom. The largest absolute Gasteiger partial charge is 0.493 e. The van der Waals surface area contributed by atoms with Crippen molar-refractivity contribution in [1.82, 2.24) is 10.2 Å². The third-order valence-corrected chi connectivity index (χ3v) is 4.97. The van der Waals surface area contributed by atoms with Gasteiger partial charge in [-0.05, 0) is 42.7 Å². The maximum Gasteiger partial charge on any atom is 0.226 e. The van der Waals surface area contributed by atoms with Crippen LogP contribution in [0.15, 0.2) is 48.5 Å². The number of benzene rings is 2. The van der Waals surface area contributed by atoms with Crippen molar-refractivity contribution >= 4 is 34.0 Å². The van der Waals surface area contributed by atoms with E-state index in [4.69, 9.17) is 16.3 Å². The Morgan fingerprint density at radius 1 is 1.15 bits per heavy atom. The van der Waals surface area contributed by atoms with Crippen LogP contribution in [0.25, 0.3) is 0 Å². The molecule has 0 saturated carbocycles. The molecule has 0 aliphatic carbocycles. The Balaban J connectivity index is 1.41. The highest BCUT2D eigenvalue weighted by Crippen LogP contribution is 2.20. The quantitative estimate of drug-likeness (QED) is 0.546. The SMILES string of the molecule is Cc1ccccc1OCCCC(=O)Nc1nnc(Cc2ccc(Cl)cc2)s1. The number of carbonyl (C=O) groups is 1. The van der Waals surface area contributed by atoms with Gasteiger partial charge in [0.2, 0.25) is 11.0 Å². The van der Waals surface area contributed by atoms with E-state index in [-0.39, 0.29) is 5.91 Å². The lowest BCUT2D eigenvalue weighted by molar-refractivity contribution is -0.116. The van der Waals surface area contributed by atoms with Crippen molar-refractivity contribution in [3.05, 3.63) is 69.7 Å². The molecular weight excluding hydrogens is 382 g/mol. The predicted molar refractivity (Wildman–Crippen MR) is 109 cm³/mol. The number of para-hydroxylation sites is 1. The van der Waals surface area contributed by atoms with Gasteiger partial charge in [0.25, 0.3) is 0 Å². The van der Waals surface area contributed by atoms with E-state index >= 15 is 0 Å². The van der Waals surface area contributed by atoms with Crippen molar-refractivity contribution in [3.63, 3.8) is 0 Å². The summed E-state index contributed by atoms with van der Waals surface area (Å²) >= 11 is 7.27. The number of aromatic nitrogens is 2. The molecule has 0 unspecified atom stereocenters. The number of rotatable bonds is 8. The summed E-state index contributed by atoms with van der Waals surface area (Å²) in [5, 5.41) is 13.0. The van der Waals surface area contributed by atoms with Crippen LogP contribution in [0, 0.1) is 6.92 Å². The molecule has 0 bridgehead atoms. The molecule has 1 heterocycles. The highest BCUT2D eigenvalue weighted by atomic mass is 35.5. The van der Waals surface area contributed by atoms with Gasteiger partial charge in [-0.15, -0.1) is 10.2 Å². The third-order valence-electron chi connectivity index (χ3n) is 3.88. The van der Waals surface area contributed by atoms with Gasteiger partial charge < -0.3 is 10.1 Å². The summed E-state index contributed by atoms with van der Waals surface area (Å²) in [4.78, 5) is 12.1. The van der Waals surface area contributed by atoms with E-state index < -0.39 is 0 Å². The lowest BCUT2D eigenvalue weighted by Crippen LogP contribution is -2.12. The second kappa shape index (κ2) is 9.48. The van der Waals surface area contributed by atoms with Gasteiger partial charge in [0.1, 0.15) is 10.8 Å². The van der Waals surface area contributed by atoms with Crippen LogP contribution < -0.4 is 10.1 Å². The molecule has 1 amide bonds. The molecule has 140 valence electrons. The molecule has 1 N–H and O–H groups in total. The molecule has 0 aliphatic rings. The highest BCUT2D eigenvalue weighted by Gasteiger charge is 2.09. The molecule has 5 nitrogen and oxygen atoms in total. The third kappa shape index (κ3) is 6.05. The number of nitrogens with one attached hydrogen (secondary N) is 1. The molecular formula is C20H20ClN3O2S. The van der Waals surface area contributed by atoms with Crippen molar-refractivity contribution in [2.75, 3.05) is 11.9 Å². The van der Waals surface area contributed by atoms with E-state index in [2.05, 4.69) is 15.5 Å². The van der Waals surface area contributed by atoms with E-state index in [1.165, 1.54) is 11.3 Å². The summed E-state index contributed by atoms with van der Waals surface area (Å²) in [7, 11) is 0. The Morgan fingerprint density at radius 3 is 2.70 bits per heavy atom. The Hall–Kier alpha value is -2.44. The van der Waals surface area contributed by atoms with Crippen LogP contribution in [0.2, 0.25) is 5.02 Å². The molecule has 1 aromatic heterocycles. The second-order valence-corrected chi connectivity index (χ2v) is 7.57. The standard InChI is InChI=1S/C20H20ClN3O2S/c1-14-5-2-3-6-17(14)26-12-4-7-18(25)22-20-24-23-19(27-20)13-15-8-10-16(21)11-9-15/h2-3,5-6,8-11H,4,7,12-13H2,1H3,(H,22,24,25). The average Bonchev–Trinajstić information content (AvgIpc) is 3.09. The van der Waals surface area contributed by atoms with Gasteiger partial charge in [-0.3, -0.25) is 4.79 Å². The predicted octanol–water partition coefficient (Wildman–Crippen LogP) is 4.89. The van der Waals surface area contributed by atoms with E-state index in [1.807, 2.05) is 55.5 Å². The fourth-order valence-corrected chi connectivity index (χ4v) is 3.38. The van der Waals surface area contributed by atoms with Crippen LogP contribution in [-0.2, 0) is 11.2 Å². The van der Waals surface area contributed by atoms with Crippen molar-refractivity contribution in [1.29, 1.82) is 0 Å². The molecule has 0 saturated heterocycles. The van der Waals surface area contributed by atoms with Crippen LogP contribution in [0.5, 0.6) is 5.75 Å². The zero-order valence-electron chi connectivity index (χ0n) is 14.9. The number of anilines is 1. The zero-order valence-corrected chi connectivity index (χ0v) is 16.5.